The van der Waals surface area contributed by atoms with Crippen LogP contribution in [0.25, 0.3) is 0 Å². The standard InChI is InChI=1S/C41H80O3Si3/c1-31(20-18-26-40(8,9)44-45(11,12)13)36-24-25-37-33(21-19-27-41(36,37)10)23-22-32-28-34(42-46(14,15)38(2,3)4)30-35(29-32)43-47(16,17)39(5,6)7/h22-23,31,34-37H,18-21,24-30H2,1-17H3/b33-23+/t31-,34-,35-,36?,37+,41-/m1/s1. The van der Waals surface area contributed by atoms with Crippen LogP contribution in [0, 0.1) is 23.2 Å². The normalized spacial score (nSPS) is 30.1. The van der Waals surface area contributed by atoms with Gasteiger partial charge in [-0.3, -0.25) is 0 Å². The van der Waals surface area contributed by atoms with E-state index in [0.717, 1.165) is 37.0 Å². The van der Waals surface area contributed by atoms with E-state index in [0.29, 0.717) is 5.41 Å². The Balaban J connectivity index is 1.77. The Bertz CT molecular complexity index is 1060. The van der Waals surface area contributed by atoms with E-state index >= 15 is 0 Å². The Morgan fingerprint density at radius 3 is 1.83 bits per heavy atom. The van der Waals surface area contributed by atoms with Gasteiger partial charge in [-0.25, -0.2) is 0 Å². The van der Waals surface area contributed by atoms with E-state index in [9.17, 15) is 0 Å². The molecule has 6 heteroatoms. The number of hydrogen-bond acceptors (Lipinski definition) is 3. The molecule has 3 nitrogen and oxygen atoms in total. The first-order valence-electron chi connectivity index (χ1n) is 19.6. The summed E-state index contributed by atoms with van der Waals surface area (Å²) in [6.07, 6.45) is 19.4. The average molecular weight is 705 g/mol. The van der Waals surface area contributed by atoms with Gasteiger partial charge in [0.2, 0.25) is 0 Å². The molecule has 3 rings (SSSR count). The lowest BCUT2D eigenvalue weighted by Crippen LogP contribution is -2.48. The van der Waals surface area contributed by atoms with Gasteiger partial charge in [-0.05, 0) is 151 Å². The van der Waals surface area contributed by atoms with Crippen molar-refractivity contribution >= 4 is 25.0 Å². The summed E-state index contributed by atoms with van der Waals surface area (Å²) in [5.41, 5.74) is 3.73. The highest BCUT2D eigenvalue weighted by Crippen LogP contribution is 2.60. The molecule has 0 aromatic rings. The second kappa shape index (κ2) is 14.9. The van der Waals surface area contributed by atoms with E-state index in [2.05, 4.69) is 127 Å². The Morgan fingerprint density at radius 1 is 0.809 bits per heavy atom. The van der Waals surface area contributed by atoms with Crippen molar-refractivity contribution in [3.63, 3.8) is 0 Å². The Morgan fingerprint density at radius 2 is 1.34 bits per heavy atom. The van der Waals surface area contributed by atoms with Crippen LogP contribution in [0.5, 0.6) is 0 Å². The number of fused-ring (bicyclic) bond motifs is 1. The zero-order valence-corrected chi connectivity index (χ0v) is 37.5. The summed E-state index contributed by atoms with van der Waals surface area (Å²) in [5.74, 6) is 2.36. The minimum atomic E-state index is -1.87. The molecule has 0 aromatic heterocycles. The summed E-state index contributed by atoms with van der Waals surface area (Å²) in [7, 11) is -5.27. The molecule has 3 aliphatic rings. The quantitative estimate of drug-likeness (QED) is 0.189. The summed E-state index contributed by atoms with van der Waals surface area (Å²) >= 11 is 0. The molecule has 274 valence electrons. The van der Waals surface area contributed by atoms with Crippen molar-refractivity contribution in [2.24, 2.45) is 23.2 Å². The molecule has 3 saturated carbocycles. The van der Waals surface area contributed by atoms with Crippen LogP contribution in [0.4, 0.5) is 0 Å². The molecule has 3 fully saturated rings. The maximum absolute atomic E-state index is 7.11. The third kappa shape index (κ3) is 11.0. The van der Waals surface area contributed by atoms with E-state index in [1.165, 1.54) is 51.4 Å². The number of rotatable bonds is 12. The molecule has 0 saturated heterocycles. The minimum absolute atomic E-state index is 0.00311. The molecular formula is C41H80O3Si3. The molecule has 0 amide bonds. The molecule has 6 atom stereocenters. The molecule has 0 aromatic carbocycles. The fourth-order valence-corrected chi connectivity index (χ4v) is 13.5. The maximum Gasteiger partial charge on any atom is 0.192 e. The van der Waals surface area contributed by atoms with Crippen molar-refractivity contribution in [3.05, 3.63) is 23.3 Å². The van der Waals surface area contributed by atoms with Gasteiger partial charge in [-0.1, -0.05) is 91.5 Å². The molecule has 0 heterocycles. The summed E-state index contributed by atoms with van der Waals surface area (Å²) in [6, 6.07) is 0. The zero-order chi connectivity index (χ0) is 35.9. The third-order valence-electron chi connectivity index (χ3n) is 13.3. The van der Waals surface area contributed by atoms with Gasteiger partial charge in [0.1, 0.15) is 0 Å². The van der Waals surface area contributed by atoms with Gasteiger partial charge in [-0.15, -0.1) is 0 Å². The van der Waals surface area contributed by atoms with Crippen molar-refractivity contribution in [2.75, 3.05) is 0 Å². The molecule has 3 aliphatic carbocycles. The average Bonchev–Trinajstić information content (AvgIpc) is 3.21. The van der Waals surface area contributed by atoms with E-state index in [4.69, 9.17) is 13.3 Å². The SMILES string of the molecule is C[C@H](CCCC(C)(C)O[Si](C)(C)C)C1CC[C@H]2/C(=C/C=C3C[C@@H](O[Si](C)(C)C(C)(C)C)C[C@H](O[Si](C)(C)C(C)(C)C)C3)CCC[C@]12C. The van der Waals surface area contributed by atoms with Crippen molar-refractivity contribution in [2.45, 2.75) is 214 Å². The van der Waals surface area contributed by atoms with Gasteiger partial charge in [-0.2, -0.15) is 0 Å². The second-order valence-corrected chi connectivity index (χ2v) is 35.1. The highest BCUT2D eigenvalue weighted by molar-refractivity contribution is 6.74. The van der Waals surface area contributed by atoms with Crippen LogP contribution in [-0.2, 0) is 13.3 Å². The van der Waals surface area contributed by atoms with Crippen LogP contribution < -0.4 is 0 Å². The molecule has 0 bridgehead atoms. The highest BCUT2D eigenvalue weighted by atomic mass is 28.4. The monoisotopic (exact) mass is 705 g/mol. The predicted octanol–water partition coefficient (Wildman–Crippen LogP) is 13.5. The van der Waals surface area contributed by atoms with Crippen LogP contribution in [0.2, 0.25) is 55.9 Å². The fraction of sp³-hybridized carbons (Fsp3) is 0.902. The van der Waals surface area contributed by atoms with Crippen LogP contribution in [0.3, 0.4) is 0 Å². The minimum Gasteiger partial charge on any atom is -0.414 e. The van der Waals surface area contributed by atoms with E-state index < -0.39 is 25.0 Å². The lowest BCUT2D eigenvalue weighted by Gasteiger charge is -2.45. The fourth-order valence-electron chi connectivity index (χ4n) is 9.00. The first-order valence-corrected chi connectivity index (χ1v) is 28.8. The van der Waals surface area contributed by atoms with Crippen LogP contribution in [0.15, 0.2) is 23.3 Å². The lowest BCUT2D eigenvalue weighted by atomic mass is 9.60. The molecular weight excluding hydrogens is 625 g/mol. The molecule has 0 spiro atoms. The van der Waals surface area contributed by atoms with Gasteiger partial charge < -0.3 is 13.3 Å². The van der Waals surface area contributed by atoms with Gasteiger partial charge in [0.05, 0.1) is 17.8 Å². The first-order chi connectivity index (χ1) is 21.2. The smallest absolute Gasteiger partial charge is 0.192 e. The van der Waals surface area contributed by atoms with Gasteiger partial charge >= 0.3 is 0 Å². The summed E-state index contributed by atoms with van der Waals surface area (Å²) in [6.45, 7) is 40.7. The van der Waals surface area contributed by atoms with Gasteiger partial charge in [0, 0.05) is 0 Å². The number of hydrogen-bond donors (Lipinski definition) is 0. The topological polar surface area (TPSA) is 27.7 Å². The Kier molecular flexibility index (Phi) is 13.2. The van der Waals surface area contributed by atoms with Crippen molar-refractivity contribution in [1.29, 1.82) is 0 Å². The van der Waals surface area contributed by atoms with Crippen LogP contribution >= 0.6 is 0 Å². The molecule has 1 unspecified atom stereocenters. The summed E-state index contributed by atoms with van der Waals surface area (Å²) in [5, 5.41) is 0.430. The Hall–Kier alpha value is 0.0106. The molecule has 0 aliphatic heterocycles. The van der Waals surface area contributed by atoms with Crippen molar-refractivity contribution < 1.29 is 13.3 Å². The zero-order valence-electron chi connectivity index (χ0n) is 34.5. The lowest BCUT2D eigenvalue weighted by molar-refractivity contribution is 0.0718. The van der Waals surface area contributed by atoms with Crippen molar-refractivity contribution in [1.82, 2.24) is 0 Å². The van der Waals surface area contributed by atoms with Gasteiger partial charge in [0.25, 0.3) is 0 Å². The van der Waals surface area contributed by atoms with Gasteiger partial charge in [0.15, 0.2) is 25.0 Å². The summed E-state index contributed by atoms with van der Waals surface area (Å²) < 4.78 is 20.7. The van der Waals surface area contributed by atoms with E-state index in [1.807, 2.05) is 0 Å². The van der Waals surface area contributed by atoms with Crippen LogP contribution in [0.1, 0.15) is 140 Å². The molecule has 0 N–H and O–H groups in total. The third-order valence-corrected chi connectivity index (χ3v) is 23.6. The molecule has 47 heavy (non-hydrogen) atoms. The van der Waals surface area contributed by atoms with E-state index in [1.54, 1.807) is 11.1 Å². The van der Waals surface area contributed by atoms with Crippen LogP contribution in [-0.4, -0.2) is 42.8 Å². The first kappa shape index (κ1) is 41.4. The highest BCUT2D eigenvalue weighted by Gasteiger charge is 2.50. The van der Waals surface area contributed by atoms with Crippen molar-refractivity contribution in [3.8, 4) is 0 Å². The molecule has 0 radical (unpaired) electrons. The second-order valence-electron chi connectivity index (χ2n) is 21.2. The summed E-state index contributed by atoms with van der Waals surface area (Å²) in [4.78, 5) is 0. The van der Waals surface area contributed by atoms with E-state index in [-0.39, 0.29) is 27.9 Å². The number of allylic oxidation sites excluding steroid dienone is 3. The predicted molar refractivity (Wildman–Crippen MR) is 214 cm³/mol. The maximum atomic E-state index is 7.11. The largest absolute Gasteiger partial charge is 0.414 e. The Labute approximate surface area is 297 Å².